The molecule has 0 heterocycles. The van der Waals surface area contributed by atoms with Crippen molar-refractivity contribution >= 4 is 21.6 Å². The van der Waals surface area contributed by atoms with Crippen LogP contribution < -0.4 is 5.32 Å². The van der Waals surface area contributed by atoms with Crippen LogP contribution in [0.3, 0.4) is 0 Å². The number of benzene rings is 1. The third-order valence-corrected chi connectivity index (χ3v) is 4.73. The van der Waals surface area contributed by atoms with Crippen molar-refractivity contribution < 1.29 is 0 Å². The normalized spacial score (nSPS) is 20.7. The van der Waals surface area contributed by atoms with E-state index in [1.54, 1.807) is 0 Å². The zero-order valence-corrected chi connectivity index (χ0v) is 11.3. The van der Waals surface area contributed by atoms with Gasteiger partial charge in [0.1, 0.15) is 6.07 Å². The Morgan fingerprint density at radius 2 is 2.18 bits per heavy atom. The molecule has 0 unspecified atom stereocenters. The predicted molar refractivity (Wildman–Crippen MR) is 71.7 cm³/mol. The van der Waals surface area contributed by atoms with Gasteiger partial charge in [-0.1, -0.05) is 0 Å². The largest absolute Gasteiger partial charge is 0.384 e. The van der Waals surface area contributed by atoms with Crippen LogP contribution in [0.1, 0.15) is 31.2 Å². The molecule has 0 aliphatic heterocycles. The minimum atomic E-state index is 0.611. The highest BCUT2D eigenvalue weighted by Gasteiger charge is 2.53. The molecule has 0 saturated heterocycles. The molecule has 0 aromatic heterocycles. The van der Waals surface area contributed by atoms with Crippen molar-refractivity contribution in [3.8, 4) is 6.07 Å². The molecule has 0 spiro atoms. The van der Waals surface area contributed by atoms with Gasteiger partial charge in [0.2, 0.25) is 0 Å². The molecule has 1 aromatic carbocycles. The van der Waals surface area contributed by atoms with Crippen molar-refractivity contribution in [2.75, 3.05) is 11.9 Å². The third-order valence-electron chi connectivity index (χ3n) is 4.07. The molecule has 2 saturated carbocycles. The van der Waals surface area contributed by atoms with Crippen LogP contribution in [0.15, 0.2) is 22.7 Å². The van der Waals surface area contributed by atoms with E-state index in [0.717, 1.165) is 22.6 Å². The fourth-order valence-electron chi connectivity index (χ4n) is 2.58. The van der Waals surface area contributed by atoms with Gasteiger partial charge in [0.05, 0.1) is 5.56 Å². The van der Waals surface area contributed by atoms with Crippen LogP contribution in [0.25, 0.3) is 0 Å². The van der Waals surface area contributed by atoms with Crippen LogP contribution >= 0.6 is 15.9 Å². The summed E-state index contributed by atoms with van der Waals surface area (Å²) in [5, 5.41) is 12.4. The first-order valence-electron chi connectivity index (χ1n) is 6.17. The molecule has 2 aliphatic carbocycles. The summed E-state index contributed by atoms with van der Waals surface area (Å²) in [4.78, 5) is 0. The van der Waals surface area contributed by atoms with E-state index in [2.05, 4.69) is 27.3 Å². The van der Waals surface area contributed by atoms with E-state index < -0.39 is 0 Å². The molecule has 1 aromatic rings. The van der Waals surface area contributed by atoms with Gasteiger partial charge < -0.3 is 5.32 Å². The SMILES string of the molecule is N#Cc1ccc(NCC2(C3CC3)CC2)cc1Br. The molecule has 0 atom stereocenters. The van der Waals surface area contributed by atoms with Crippen LogP contribution in [0.2, 0.25) is 0 Å². The maximum atomic E-state index is 8.86. The zero-order chi connectivity index (χ0) is 11.9. The molecule has 3 heteroatoms. The summed E-state index contributed by atoms with van der Waals surface area (Å²) >= 11 is 3.42. The van der Waals surface area contributed by atoms with Crippen molar-refractivity contribution in [1.82, 2.24) is 0 Å². The maximum absolute atomic E-state index is 8.86. The van der Waals surface area contributed by atoms with E-state index >= 15 is 0 Å². The lowest BCUT2D eigenvalue weighted by atomic mass is 10.0. The second-order valence-corrected chi connectivity index (χ2v) is 6.15. The average Bonchev–Trinajstić information content (AvgIpc) is 3.17. The van der Waals surface area contributed by atoms with Crippen LogP contribution in [-0.2, 0) is 0 Å². The van der Waals surface area contributed by atoms with Gasteiger partial charge in [0, 0.05) is 16.7 Å². The predicted octanol–water partition coefficient (Wildman–Crippen LogP) is 3.92. The van der Waals surface area contributed by atoms with Gasteiger partial charge in [-0.25, -0.2) is 0 Å². The zero-order valence-electron chi connectivity index (χ0n) is 9.67. The molecule has 88 valence electrons. The Balaban J connectivity index is 1.65. The van der Waals surface area contributed by atoms with Gasteiger partial charge in [-0.05, 0) is 71.1 Å². The molecule has 1 N–H and O–H groups in total. The molecule has 0 bridgehead atoms. The number of hydrogen-bond donors (Lipinski definition) is 1. The Hall–Kier alpha value is -1.01. The fraction of sp³-hybridized carbons (Fsp3) is 0.500. The summed E-state index contributed by atoms with van der Waals surface area (Å²) in [6.07, 6.45) is 5.64. The van der Waals surface area contributed by atoms with Crippen LogP contribution in [-0.4, -0.2) is 6.54 Å². The van der Waals surface area contributed by atoms with Crippen molar-refractivity contribution in [1.29, 1.82) is 5.26 Å². The smallest absolute Gasteiger partial charge is 0.100 e. The van der Waals surface area contributed by atoms with E-state index in [1.807, 2.05) is 18.2 Å². The number of hydrogen-bond acceptors (Lipinski definition) is 2. The van der Waals surface area contributed by atoms with Crippen LogP contribution in [0, 0.1) is 22.7 Å². The third kappa shape index (κ3) is 2.19. The summed E-state index contributed by atoms with van der Waals surface area (Å²) in [7, 11) is 0. The summed E-state index contributed by atoms with van der Waals surface area (Å²) in [6, 6.07) is 8.02. The summed E-state index contributed by atoms with van der Waals surface area (Å²) in [6.45, 7) is 1.09. The molecule has 2 nitrogen and oxygen atoms in total. The molecule has 0 amide bonds. The van der Waals surface area contributed by atoms with Gasteiger partial charge in [0.25, 0.3) is 0 Å². The molecule has 2 aliphatic rings. The first kappa shape index (κ1) is 11.1. The Kier molecular flexibility index (Phi) is 2.63. The monoisotopic (exact) mass is 290 g/mol. The molecule has 0 radical (unpaired) electrons. The van der Waals surface area contributed by atoms with Gasteiger partial charge in [-0.15, -0.1) is 0 Å². The lowest BCUT2D eigenvalue weighted by molar-refractivity contribution is 0.467. The van der Waals surface area contributed by atoms with E-state index in [4.69, 9.17) is 5.26 Å². The van der Waals surface area contributed by atoms with E-state index in [9.17, 15) is 0 Å². The van der Waals surface area contributed by atoms with Crippen molar-refractivity contribution in [2.45, 2.75) is 25.7 Å². The fourth-order valence-corrected chi connectivity index (χ4v) is 3.05. The number of nitrogens with zero attached hydrogens (tertiary/aromatic N) is 1. The summed E-state index contributed by atoms with van der Waals surface area (Å²) in [5.74, 6) is 0.983. The topological polar surface area (TPSA) is 35.8 Å². The van der Waals surface area contributed by atoms with Crippen LogP contribution in [0.4, 0.5) is 5.69 Å². The van der Waals surface area contributed by atoms with Crippen molar-refractivity contribution in [3.05, 3.63) is 28.2 Å². The first-order chi connectivity index (χ1) is 8.23. The van der Waals surface area contributed by atoms with Crippen molar-refractivity contribution in [3.63, 3.8) is 0 Å². The lowest BCUT2D eigenvalue weighted by Gasteiger charge is -2.16. The Labute approximate surface area is 110 Å². The molecule has 17 heavy (non-hydrogen) atoms. The number of nitriles is 1. The first-order valence-corrected chi connectivity index (χ1v) is 6.96. The average molecular weight is 291 g/mol. The lowest BCUT2D eigenvalue weighted by Crippen LogP contribution is -2.17. The highest BCUT2D eigenvalue weighted by molar-refractivity contribution is 9.10. The van der Waals surface area contributed by atoms with Crippen molar-refractivity contribution in [2.24, 2.45) is 11.3 Å². The van der Waals surface area contributed by atoms with E-state index in [0.29, 0.717) is 11.0 Å². The van der Waals surface area contributed by atoms with Gasteiger partial charge in [0.15, 0.2) is 0 Å². The Bertz CT molecular complexity index is 481. The van der Waals surface area contributed by atoms with E-state index in [1.165, 1.54) is 25.7 Å². The second kappa shape index (κ2) is 4.03. The summed E-state index contributed by atoms with van der Waals surface area (Å²) in [5.41, 5.74) is 2.42. The molecular weight excluding hydrogens is 276 g/mol. The minimum Gasteiger partial charge on any atom is -0.384 e. The van der Waals surface area contributed by atoms with Gasteiger partial charge in [-0.3, -0.25) is 0 Å². The number of nitrogens with one attached hydrogen (secondary N) is 1. The van der Waals surface area contributed by atoms with Crippen LogP contribution in [0.5, 0.6) is 0 Å². The molecule has 2 fully saturated rings. The van der Waals surface area contributed by atoms with Gasteiger partial charge >= 0.3 is 0 Å². The molecule has 3 rings (SSSR count). The minimum absolute atomic E-state index is 0.611. The number of rotatable bonds is 4. The van der Waals surface area contributed by atoms with Gasteiger partial charge in [-0.2, -0.15) is 5.26 Å². The number of anilines is 1. The standard InChI is InChI=1S/C14H15BrN2/c15-13-7-12(4-1-10(13)8-16)17-9-14(5-6-14)11-2-3-11/h1,4,7,11,17H,2-3,5-6,9H2. The maximum Gasteiger partial charge on any atom is 0.100 e. The highest BCUT2D eigenvalue weighted by Crippen LogP contribution is 2.61. The highest BCUT2D eigenvalue weighted by atomic mass is 79.9. The molecular formula is C14H15BrN2. The Morgan fingerprint density at radius 1 is 1.41 bits per heavy atom. The summed E-state index contributed by atoms with van der Waals surface area (Å²) < 4.78 is 0.876. The number of halogens is 1. The second-order valence-electron chi connectivity index (χ2n) is 5.30. The Morgan fingerprint density at radius 3 is 2.71 bits per heavy atom. The quantitative estimate of drug-likeness (QED) is 0.912. The van der Waals surface area contributed by atoms with E-state index in [-0.39, 0.29) is 0 Å².